The first-order valence-corrected chi connectivity index (χ1v) is 1.28. The Hall–Kier alpha value is 0.270. The van der Waals surface area contributed by atoms with E-state index in [2.05, 4.69) is 11.3 Å². The first kappa shape index (κ1) is 10.3. The zero-order valence-electron chi connectivity index (χ0n) is 5.76. The van der Waals surface area contributed by atoms with Gasteiger partial charge in [-0.25, -0.2) is 4.79 Å². The second-order valence-corrected chi connectivity index (χ2v) is 0.550. The van der Waals surface area contributed by atoms with Gasteiger partial charge in [0.1, 0.15) is 0 Å². The second-order valence-electron chi connectivity index (χ2n) is 0.550. The molecule has 0 heterocycles. The molecule has 0 atom stereocenters. The van der Waals surface area contributed by atoms with Crippen LogP contribution in [0.3, 0.4) is 0 Å². The Balaban J connectivity index is -0.0000000417. The zero-order valence-corrected chi connectivity index (χ0v) is 5.96. The van der Waals surface area contributed by atoms with Gasteiger partial charge in [0, 0.05) is 0 Å². The van der Waals surface area contributed by atoms with Gasteiger partial charge in [0.05, 0.1) is 6.26 Å². The van der Waals surface area contributed by atoms with Crippen LogP contribution in [0.4, 0.5) is 4.79 Å². The van der Waals surface area contributed by atoms with Gasteiger partial charge in [0.15, 0.2) is 0 Å². The monoisotopic (exact) mass is 130 g/mol. The molecular formula is C3H6CaO3. The molecule has 0 amide bonds. The van der Waals surface area contributed by atoms with Gasteiger partial charge in [0.25, 0.3) is 0 Å². The van der Waals surface area contributed by atoms with E-state index in [1.165, 1.54) is 0 Å². The van der Waals surface area contributed by atoms with Crippen LogP contribution in [-0.2, 0) is 4.74 Å². The van der Waals surface area contributed by atoms with E-state index in [1.54, 1.807) is 0 Å². The van der Waals surface area contributed by atoms with E-state index in [1.807, 2.05) is 0 Å². The van der Waals surface area contributed by atoms with Crippen LogP contribution in [-0.4, -0.2) is 49.0 Å². The number of hydrogen-bond donors (Lipinski definition) is 1. The van der Waals surface area contributed by atoms with Gasteiger partial charge in [-0.15, -0.1) is 0 Å². The van der Waals surface area contributed by atoms with Crippen LogP contribution in [0.1, 0.15) is 2.85 Å². The van der Waals surface area contributed by atoms with Crippen molar-refractivity contribution < 1.29 is 17.5 Å². The molecule has 0 aliphatic carbocycles. The summed E-state index contributed by atoms with van der Waals surface area (Å²) in [5.41, 5.74) is 0. The van der Waals surface area contributed by atoms with Crippen molar-refractivity contribution in [3.05, 3.63) is 12.8 Å². The van der Waals surface area contributed by atoms with E-state index < -0.39 is 6.16 Å². The third-order valence-electron chi connectivity index (χ3n) is 0.184. The Morgan fingerprint density at radius 1 is 2.00 bits per heavy atom. The minimum absolute atomic E-state index is 0. The van der Waals surface area contributed by atoms with Crippen molar-refractivity contribution >= 4 is 43.9 Å². The number of hydrogen-bond acceptors (Lipinski definition) is 2. The van der Waals surface area contributed by atoms with Crippen molar-refractivity contribution in [2.24, 2.45) is 0 Å². The van der Waals surface area contributed by atoms with Crippen LogP contribution in [0, 0.1) is 0 Å². The maximum atomic E-state index is 9.31. The number of rotatable bonds is 1. The molecular weight excluding hydrogens is 124 g/mol. The summed E-state index contributed by atoms with van der Waals surface area (Å²) in [5.74, 6) is 0. The van der Waals surface area contributed by atoms with Crippen molar-refractivity contribution in [1.29, 1.82) is 0 Å². The Labute approximate surface area is 73.9 Å². The van der Waals surface area contributed by atoms with E-state index >= 15 is 0 Å². The van der Waals surface area contributed by atoms with Crippen LogP contribution in [0.15, 0.2) is 12.8 Å². The van der Waals surface area contributed by atoms with Crippen LogP contribution in [0.5, 0.6) is 0 Å². The molecule has 0 aromatic carbocycles. The maximum Gasteiger partial charge on any atom is 2.00 e. The minimum atomic E-state index is -1.33. The summed E-state index contributed by atoms with van der Waals surface area (Å²) in [7, 11) is 0. The van der Waals surface area contributed by atoms with Crippen LogP contribution in [0.25, 0.3) is 0 Å². The molecule has 3 nitrogen and oxygen atoms in total. The van der Waals surface area contributed by atoms with Crippen molar-refractivity contribution in [3.63, 3.8) is 0 Å². The molecule has 0 rings (SSSR count). The molecule has 0 aliphatic rings. The summed E-state index contributed by atoms with van der Waals surface area (Å²) in [6.07, 6.45) is -0.479. The average Bonchev–Trinajstić information content (AvgIpc) is 1.35. The fraction of sp³-hybridized carbons (Fsp3) is 0. The van der Waals surface area contributed by atoms with Gasteiger partial charge < -0.3 is 12.7 Å². The normalized spacial score (nSPS) is 5.71. The van der Waals surface area contributed by atoms with Crippen LogP contribution < -0.4 is 0 Å². The van der Waals surface area contributed by atoms with Crippen LogP contribution >= 0.6 is 0 Å². The fourth-order valence-corrected chi connectivity index (χ4v) is 0.0713. The molecule has 0 saturated carbocycles. The number of ether oxygens (including phenoxy) is 1. The summed E-state index contributed by atoms with van der Waals surface area (Å²) >= 11 is 0. The summed E-state index contributed by atoms with van der Waals surface area (Å²) in [6, 6.07) is 0. The number of carbonyl (C=O) groups is 1. The van der Waals surface area contributed by atoms with Crippen molar-refractivity contribution in [2.75, 3.05) is 0 Å². The zero-order chi connectivity index (χ0) is 4.99. The Kier molecular flexibility index (Phi) is 9.22. The predicted molar refractivity (Wildman–Crippen MR) is 27.3 cm³/mol. The van der Waals surface area contributed by atoms with Gasteiger partial charge in [0.2, 0.25) is 0 Å². The number of carboxylic acid groups (broad SMARTS) is 1. The predicted octanol–water partition coefficient (Wildman–Crippen LogP) is 0.669. The average molecular weight is 130 g/mol. The Morgan fingerprint density at radius 2 is 2.43 bits per heavy atom. The molecule has 38 valence electrons. The first-order chi connectivity index (χ1) is 2.77. The van der Waals surface area contributed by atoms with Crippen molar-refractivity contribution in [3.8, 4) is 0 Å². The largest absolute Gasteiger partial charge is 2.00 e. The summed E-state index contributed by atoms with van der Waals surface area (Å²) in [5, 5.41) is 7.62. The molecule has 0 aromatic heterocycles. The van der Waals surface area contributed by atoms with Crippen molar-refractivity contribution in [2.45, 2.75) is 0 Å². The molecule has 0 aromatic rings. The summed E-state index contributed by atoms with van der Waals surface area (Å²) in [6.45, 7) is 3.00. The molecule has 0 saturated heterocycles. The molecule has 0 bridgehead atoms. The second kappa shape index (κ2) is 6.27. The van der Waals surface area contributed by atoms with E-state index in [4.69, 9.17) is 5.11 Å². The molecule has 0 spiro atoms. The van der Waals surface area contributed by atoms with Gasteiger partial charge in [-0.05, 0) is 0 Å². The smallest absolute Gasteiger partial charge is 1.00 e. The van der Waals surface area contributed by atoms with Gasteiger partial charge in [-0.3, -0.25) is 0 Å². The topological polar surface area (TPSA) is 46.5 Å². The van der Waals surface area contributed by atoms with E-state index in [0.29, 0.717) is 0 Å². The van der Waals surface area contributed by atoms with Gasteiger partial charge in [-0.1, -0.05) is 6.58 Å². The molecule has 0 radical (unpaired) electrons. The third-order valence-corrected chi connectivity index (χ3v) is 0.184. The Bertz CT molecular complexity index is 77.5. The molecule has 7 heavy (non-hydrogen) atoms. The SMILES string of the molecule is C=COC(=O)O.[Ca+2].[H-].[H-]. The quantitative estimate of drug-likeness (QED) is 0.322. The minimum Gasteiger partial charge on any atom is -1.00 e. The molecule has 0 aliphatic heterocycles. The third kappa shape index (κ3) is 10.7. The van der Waals surface area contributed by atoms with E-state index in [-0.39, 0.29) is 40.6 Å². The molecule has 4 heteroatoms. The van der Waals surface area contributed by atoms with Crippen LogP contribution in [0.2, 0.25) is 0 Å². The van der Waals surface area contributed by atoms with Gasteiger partial charge >= 0.3 is 43.9 Å². The standard InChI is InChI=1S/C3H4O3.Ca.2H/c1-2-6-3(4)5;;;/h2H,1H2,(H,4,5);;;/q;+2;2*-1. The van der Waals surface area contributed by atoms with E-state index in [9.17, 15) is 4.79 Å². The molecule has 1 N–H and O–H groups in total. The van der Waals surface area contributed by atoms with E-state index in [0.717, 1.165) is 6.26 Å². The first-order valence-electron chi connectivity index (χ1n) is 1.28. The summed E-state index contributed by atoms with van der Waals surface area (Å²) in [4.78, 5) is 9.31. The van der Waals surface area contributed by atoms with Gasteiger partial charge in [-0.2, -0.15) is 0 Å². The fourth-order valence-electron chi connectivity index (χ4n) is 0.0713. The molecule has 0 fully saturated rings. The summed E-state index contributed by atoms with van der Waals surface area (Å²) < 4.78 is 3.72. The maximum absolute atomic E-state index is 9.31. The molecule has 0 unspecified atom stereocenters. The Morgan fingerprint density at radius 3 is 2.43 bits per heavy atom. The van der Waals surface area contributed by atoms with Crippen molar-refractivity contribution in [1.82, 2.24) is 0 Å².